The zero-order valence-electron chi connectivity index (χ0n) is 16.2. The van der Waals surface area contributed by atoms with E-state index < -0.39 is 33.4 Å². The molecular formula is C19H13BrN6O6. The molecule has 0 aliphatic carbocycles. The van der Waals surface area contributed by atoms with Gasteiger partial charge in [0.1, 0.15) is 11.3 Å². The van der Waals surface area contributed by atoms with Crippen LogP contribution in [0.15, 0.2) is 54.2 Å². The third kappa shape index (κ3) is 3.65. The molecule has 2 heterocycles. The Kier molecular flexibility index (Phi) is 5.10. The summed E-state index contributed by atoms with van der Waals surface area (Å²) < 4.78 is 1.66. The first kappa shape index (κ1) is 21.0. The number of hydrogen-bond donors (Lipinski definition) is 4. The molecule has 0 aliphatic heterocycles. The number of benzene rings is 2. The second kappa shape index (κ2) is 7.77. The molecule has 0 aliphatic rings. The van der Waals surface area contributed by atoms with Gasteiger partial charge in [-0.1, -0.05) is 15.9 Å². The molecule has 0 spiro atoms. The number of nitrogens with one attached hydrogen (secondary N) is 3. The maximum absolute atomic E-state index is 12.3. The van der Waals surface area contributed by atoms with Crippen molar-refractivity contribution in [2.24, 2.45) is 4.99 Å². The molecule has 0 amide bonds. The smallest absolute Gasteiger partial charge is 0.335 e. The summed E-state index contributed by atoms with van der Waals surface area (Å²) in [6.07, 6.45) is 0.911. The first-order valence-electron chi connectivity index (χ1n) is 8.95. The van der Waals surface area contributed by atoms with Crippen molar-refractivity contribution in [2.75, 3.05) is 0 Å². The monoisotopic (exact) mass is 500 g/mol. The summed E-state index contributed by atoms with van der Waals surface area (Å²) in [5.41, 5.74) is -1.81. The van der Waals surface area contributed by atoms with E-state index in [1.54, 1.807) is 25.1 Å². The average molecular weight is 501 g/mol. The first-order chi connectivity index (χ1) is 15.2. The largest absolute Gasteiger partial charge is 0.493 e. The molecule has 2 aromatic carbocycles. The number of imidazole rings is 1. The summed E-state index contributed by atoms with van der Waals surface area (Å²) in [6.45, 7) is 1.78. The summed E-state index contributed by atoms with van der Waals surface area (Å²) in [5, 5.41) is 22.1. The highest BCUT2D eigenvalue weighted by molar-refractivity contribution is 9.10. The highest BCUT2D eigenvalue weighted by Gasteiger charge is 2.18. The van der Waals surface area contributed by atoms with Crippen LogP contribution in [-0.4, -0.2) is 35.8 Å². The zero-order chi connectivity index (χ0) is 23.2. The van der Waals surface area contributed by atoms with Gasteiger partial charge in [-0.2, -0.15) is 0 Å². The molecule has 0 radical (unpaired) electrons. The van der Waals surface area contributed by atoms with E-state index in [0.29, 0.717) is 0 Å². The van der Waals surface area contributed by atoms with Crippen LogP contribution in [0.25, 0.3) is 16.7 Å². The summed E-state index contributed by atoms with van der Waals surface area (Å²) in [7, 11) is 0. The summed E-state index contributed by atoms with van der Waals surface area (Å²) in [6, 6.07) is 7.21. The van der Waals surface area contributed by atoms with E-state index in [0.717, 1.165) is 26.9 Å². The number of aromatic amines is 3. The van der Waals surface area contributed by atoms with E-state index in [4.69, 9.17) is 0 Å². The highest BCUT2D eigenvalue weighted by atomic mass is 79.9. The van der Waals surface area contributed by atoms with Gasteiger partial charge in [0.05, 0.1) is 21.6 Å². The minimum absolute atomic E-state index is 0.172. The number of H-pyrrole nitrogens is 3. The van der Waals surface area contributed by atoms with Crippen LogP contribution >= 0.6 is 15.9 Å². The molecule has 13 heteroatoms. The fourth-order valence-corrected chi connectivity index (χ4v) is 3.35. The van der Waals surface area contributed by atoms with E-state index in [2.05, 4.69) is 35.9 Å². The van der Waals surface area contributed by atoms with Crippen molar-refractivity contribution in [3.8, 4) is 11.6 Å². The molecule has 4 aromatic rings. The van der Waals surface area contributed by atoms with Crippen LogP contribution in [-0.2, 0) is 0 Å². The number of hydrogen-bond acceptors (Lipinski definition) is 7. The molecule has 0 fully saturated rings. The van der Waals surface area contributed by atoms with E-state index in [1.165, 1.54) is 6.07 Å². The molecule has 0 atom stereocenters. The second-order valence-electron chi connectivity index (χ2n) is 6.75. The van der Waals surface area contributed by atoms with Crippen LogP contribution in [0.2, 0.25) is 0 Å². The number of aromatic hydroxyl groups is 1. The third-order valence-electron chi connectivity index (χ3n) is 4.66. The molecule has 32 heavy (non-hydrogen) atoms. The molecule has 0 saturated heterocycles. The van der Waals surface area contributed by atoms with E-state index in [1.807, 2.05) is 0 Å². The molecule has 0 saturated carbocycles. The van der Waals surface area contributed by atoms with Gasteiger partial charge in [0, 0.05) is 16.8 Å². The lowest BCUT2D eigenvalue weighted by molar-refractivity contribution is -0.383. The van der Waals surface area contributed by atoms with Crippen molar-refractivity contribution < 1.29 is 10.0 Å². The zero-order valence-corrected chi connectivity index (χ0v) is 17.8. The van der Waals surface area contributed by atoms with Gasteiger partial charge in [0.2, 0.25) is 5.88 Å². The highest BCUT2D eigenvalue weighted by Crippen LogP contribution is 2.31. The minimum Gasteiger partial charge on any atom is -0.493 e. The van der Waals surface area contributed by atoms with Crippen molar-refractivity contribution in [3.05, 3.63) is 87.4 Å². The topological polar surface area (TPSA) is 179 Å². The number of aliphatic imine (C=N–C) groups is 1. The first-order valence-corrected chi connectivity index (χ1v) is 9.74. The Bertz CT molecular complexity index is 1610. The van der Waals surface area contributed by atoms with Gasteiger partial charge < -0.3 is 15.1 Å². The number of rotatable bonds is 4. The lowest BCUT2D eigenvalue weighted by Gasteiger charge is -2.11. The van der Waals surface area contributed by atoms with Crippen LogP contribution in [0, 0.1) is 17.0 Å². The van der Waals surface area contributed by atoms with Gasteiger partial charge in [-0.15, -0.1) is 0 Å². The number of halogens is 1. The molecular weight excluding hydrogens is 488 g/mol. The lowest BCUT2D eigenvalue weighted by atomic mass is 10.2. The van der Waals surface area contributed by atoms with Gasteiger partial charge in [0.25, 0.3) is 11.2 Å². The Labute approximate surface area is 185 Å². The Morgan fingerprint density at radius 2 is 1.81 bits per heavy atom. The summed E-state index contributed by atoms with van der Waals surface area (Å²) in [4.78, 5) is 57.8. The van der Waals surface area contributed by atoms with Crippen LogP contribution in [0.4, 0.5) is 11.4 Å². The SMILES string of the molecule is Cc1cc(-n2c(O)c(C=Nc3cc4[nH]c(=O)[nH]c4cc3[N+](=O)[O-])c(=O)[nH]c2=O)ccc1Br. The van der Waals surface area contributed by atoms with Crippen molar-refractivity contribution in [1.82, 2.24) is 19.5 Å². The fourth-order valence-electron chi connectivity index (χ4n) is 3.11. The van der Waals surface area contributed by atoms with Crippen LogP contribution in [0.3, 0.4) is 0 Å². The van der Waals surface area contributed by atoms with Crippen LogP contribution in [0.1, 0.15) is 11.1 Å². The summed E-state index contributed by atoms with van der Waals surface area (Å²) in [5.74, 6) is -0.692. The fraction of sp³-hybridized carbons (Fsp3) is 0.0526. The lowest BCUT2D eigenvalue weighted by Crippen LogP contribution is -2.31. The maximum atomic E-state index is 12.3. The molecule has 12 nitrogen and oxygen atoms in total. The Hall–Kier alpha value is -4.26. The summed E-state index contributed by atoms with van der Waals surface area (Å²) >= 11 is 3.34. The molecule has 0 unspecified atom stereocenters. The molecule has 162 valence electrons. The predicted octanol–water partition coefficient (Wildman–Crippen LogP) is 2.13. The van der Waals surface area contributed by atoms with Crippen molar-refractivity contribution in [3.63, 3.8) is 0 Å². The van der Waals surface area contributed by atoms with Gasteiger partial charge in [0.15, 0.2) is 0 Å². The van der Waals surface area contributed by atoms with Gasteiger partial charge in [-0.25, -0.2) is 19.1 Å². The molecule has 4 rings (SSSR count). The van der Waals surface area contributed by atoms with Gasteiger partial charge in [-0.05, 0) is 36.8 Å². The van der Waals surface area contributed by atoms with Crippen molar-refractivity contribution >= 4 is 44.6 Å². The number of nitro groups is 1. The quantitative estimate of drug-likeness (QED) is 0.189. The number of fused-ring (bicyclic) bond motifs is 1. The van der Waals surface area contributed by atoms with Gasteiger partial charge >= 0.3 is 11.4 Å². The number of aromatic nitrogens is 4. The molecule has 4 N–H and O–H groups in total. The standard InChI is InChI=1S/C19H13BrN6O6/c1-8-4-9(2-3-11(8)20)25-17(28)10(16(27)24-19(25)30)7-21-14-5-12-13(23-18(29)22-12)6-15(14)26(31)32/h2-7,28H,1H3,(H2,22,23,29)(H,24,27,30). The Balaban J connectivity index is 1.88. The van der Waals surface area contributed by atoms with E-state index in [-0.39, 0.29) is 28.0 Å². The normalized spacial score (nSPS) is 11.4. The maximum Gasteiger partial charge on any atom is 0.335 e. The third-order valence-corrected chi connectivity index (χ3v) is 5.55. The Morgan fingerprint density at radius 1 is 1.12 bits per heavy atom. The average Bonchev–Trinajstić information content (AvgIpc) is 3.08. The molecule has 2 aromatic heterocycles. The van der Waals surface area contributed by atoms with Crippen molar-refractivity contribution in [1.29, 1.82) is 0 Å². The van der Waals surface area contributed by atoms with E-state index >= 15 is 0 Å². The van der Waals surface area contributed by atoms with Gasteiger partial charge in [-0.3, -0.25) is 19.9 Å². The Morgan fingerprint density at radius 3 is 2.47 bits per heavy atom. The van der Waals surface area contributed by atoms with Crippen LogP contribution < -0.4 is 16.9 Å². The second-order valence-corrected chi connectivity index (χ2v) is 7.60. The number of aryl methyl sites for hydroxylation is 1. The van der Waals surface area contributed by atoms with Crippen LogP contribution in [0.5, 0.6) is 5.88 Å². The number of nitrogens with zero attached hydrogens (tertiary/aromatic N) is 3. The van der Waals surface area contributed by atoms with E-state index in [9.17, 15) is 29.6 Å². The predicted molar refractivity (Wildman–Crippen MR) is 120 cm³/mol. The molecule has 0 bridgehead atoms. The van der Waals surface area contributed by atoms with Crippen molar-refractivity contribution in [2.45, 2.75) is 6.92 Å². The number of nitro benzene ring substituents is 1. The minimum atomic E-state index is -0.930.